The lowest BCUT2D eigenvalue weighted by atomic mass is 9.96. The van der Waals surface area contributed by atoms with Crippen LogP contribution in [0.5, 0.6) is 0 Å². The molecule has 1 aliphatic heterocycles. The summed E-state index contributed by atoms with van der Waals surface area (Å²) in [5, 5.41) is 0. The molecule has 0 unspecified atom stereocenters. The Labute approximate surface area is 161 Å². The number of amides is 1. The highest BCUT2D eigenvalue weighted by atomic mass is 32.2. The summed E-state index contributed by atoms with van der Waals surface area (Å²) in [4.78, 5) is 14.8. The average molecular weight is 387 g/mol. The Bertz CT molecular complexity index is 918. The molecule has 1 amide bonds. The molecule has 0 aliphatic carbocycles. The van der Waals surface area contributed by atoms with Crippen molar-refractivity contribution in [1.82, 2.24) is 4.31 Å². The standard InChI is InChI=1S/C21H26N2O3S/c1-16-9-10-17(2)20(15-16)27(25,26)23-13-11-18(12-14-23)21(24)22(3)19-7-5-4-6-8-19/h4-10,15,18H,11-14H2,1-3H3. The van der Waals surface area contributed by atoms with Gasteiger partial charge in [0.25, 0.3) is 0 Å². The summed E-state index contributed by atoms with van der Waals surface area (Å²) < 4.78 is 27.6. The lowest BCUT2D eigenvalue weighted by molar-refractivity contribution is -0.123. The summed E-state index contributed by atoms with van der Waals surface area (Å²) in [5.74, 6) is -0.106. The van der Waals surface area contributed by atoms with Crippen LogP contribution in [0.3, 0.4) is 0 Å². The minimum absolute atomic E-state index is 0.0463. The third-order valence-electron chi connectivity index (χ3n) is 5.24. The molecule has 6 heteroatoms. The van der Waals surface area contributed by atoms with Crippen LogP contribution in [0.25, 0.3) is 0 Å². The Balaban J connectivity index is 1.70. The highest BCUT2D eigenvalue weighted by Gasteiger charge is 2.34. The van der Waals surface area contributed by atoms with E-state index < -0.39 is 10.0 Å². The molecule has 1 heterocycles. The normalized spacial score (nSPS) is 16.3. The number of piperidine rings is 1. The zero-order valence-corrected chi connectivity index (χ0v) is 16.9. The number of sulfonamides is 1. The first-order valence-electron chi connectivity index (χ1n) is 9.20. The topological polar surface area (TPSA) is 57.7 Å². The van der Waals surface area contributed by atoms with E-state index in [1.165, 1.54) is 4.31 Å². The van der Waals surface area contributed by atoms with Gasteiger partial charge in [0.15, 0.2) is 0 Å². The largest absolute Gasteiger partial charge is 0.315 e. The average Bonchev–Trinajstić information content (AvgIpc) is 2.69. The molecule has 1 aliphatic rings. The zero-order chi connectivity index (χ0) is 19.6. The molecule has 27 heavy (non-hydrogen) atoms. The van der Waals surface area contributed by atoms with E-state index >= 15 is 0 Å². The molecule has 5 nitrogen and oxygen atoms in total. The predicted molar refractivity (Wildman–Crippen MR) is 107 cm³/mol. The fraction of sp³-hybridized carbons (Fsp3) is 0.381. The Hall–Kier alpha value is -2.18. The monoisotopic (exact) mass is 386 g/mol. The van der Waals surface area contributed by atoms with Gasteiger partial charge in [0, 0.05) is 31.7 Å². The van der Waals surface area contributed by atoms with Gasteiger partial charge < -0.3 is 4.90 Å². The van der Waals surface area contributed by atoms with Crippen LogP contribution in [0, 0.1) is 19.8 Å². The van der Waals surface area contributed by atoms with Crippen molar-refractivity contribution in [3.8, 4) is 0 Å². The maximum absolute atomic E-state index is 13.0. The van der Waals surface area contributed by atoms with E-state index in [1.807, 2.05) is 56.3 Å². The van der Waals surface area contributed by atoms with E-state index in [9.17, 15) is 13.2 Å². The minimum Gasteiger partial charge on any atom is -0.315 e. The Morgan fingerprint density at radius 3 is 2.30 bits per heavy atom. The third kappa shape index (κ3) is 4.06. The van der Waals surface area contributed by atoms with Crippen LogP contribution in [-0.4, -0.2) is 38.8 Å². The molecule has 0 bridgehead atoms. The molecular formula is C21H26N2O3S. The first-order valence-corrected chi connectivity index (χ1v) is 10.6. The Morgan fingerprint density at radius 1 is 1.04 bits per heavy atom. The number of carbonyl (C=O) groups excluding carboxylic acids is 1. The SMILES string of the molecule is Cc1ccc(C)c(S(=O)(=O)N2CCC(C(=O)N(C)c3ccccc3)CC2)c1. The van der Waals surface area contributed by atoms with Gasteiger partial charge in [0.2, 0.25) is 15.9 Å². The quantitative estimate of drug-likeness (QED) is 0.810. The number of rotatable bonds is 4. The summed E-state index contributed by atoms with van der Waals surface area (Å²) in [6.45, 7) is 4.45. The molecule has 0 aromatic heterocycles. The lowest BCUT2D eigenvalue weighted by Crippen LogP contribution is -2.43. The first kappa shape index (κ1) is 19.6. The highest BCUT2D eigenvalue weighted by molar-refractivity contribution is 7.89. The van der Waals surface area contributed by atoms with Crippen LogP contribution in [0.2, 0.25) is 0 Å². The van der Waals surface area contributed by atoms with E-state index in [0.717, 1.165) is 16.8 Å². The van der Waals surface area contributed by atoms with Crippen LogP contribution in [0.15, 0.2) is 53.4 Å². The van der Waals surface area contributed by atoms with E-state index in [-0.39, 0.29) is 11.8 Å². The number of hydrogen-bond acceptors (Lipinski definition) is 3. The number of carbonyl (C=O) groups is 1. The predicted octanol–water partition coefficient (Wildman–Crippen LogP) is 3.37. The maximum atomic E-state index is 13.0. The van der Waals surface area contributed by atoms with Crippen molar-refractivity contribution in [2.24, 2.45) is 5.92 Å². The van der Waals surface area contributed by atoms with E-state index in [1.54, 1.807) is 18.0 Å². The van der Waals surface area contributed by atoms with Crippen LogP contribution < -0.4 is 4.90 Å². The van der Waals surface area contributed by atoms with Gasteiger partial charge in [-0.1, -0.05) is 30.3 Å². The second-order valence-electron chi connectivity index (χ2n) is 7.18. The van der Waals surface area contributed by atoms with Crippen molar-refractivity contribution in [2.45, 2.75) is 31.6 Å². The molecule has 0 spiro atoms. The summed E-state index contributed by atoms with van der Waals surface area (Å²) in [7, 11) is -1.75. The summed E-state index contributed by atoms with van der Waals surface area (Å²) >= 11 is 0. The molecule has 1 fully saturated rings. The molecule has 2 aromatic rings. The zero-order valence-electron chi connectivity index (χ0n) is 16.1. The molecule has 0 radical (unpaired) electrons. The van der Waals surface area contributed by atoms with E-state index in [4.69, 9.17) is 0 Å². The van der Waals surface area contributed by atoms with Gasteiger partial charge in [-0.15, -0.1) is 0 Å². The van der Waals surface area contributed by atoms with Crippen molar-refractivity contribution in [2.75, 3.05) is 25.0 Å². The number of aryl methyl sites for hydroxylation is 2. The molecule has 0 N–H and O–H groups in total. The van der Waals surface area contributed by atoms with Gasteiger partial charge in [0.1, 0.15) is 0 Å². The third-order valence-corrected chi connectivity index (χ3v) is 7.28. The number of hydrogen-bond donors (Lipinski definition) is 0. The molecule has 1 saturated heterocycles. The molecular weight excluding hydrogens is 360 g/mol. The van der Waals surface area contributed by atoms with Crippen LogP contribution >= 0.6 is 0 Å². The molecule has 0 saturated carbocycles. The van der Waals surface area contributed by atoms with Crippen molar-refractivity contribution >= 4 is 21.6 Å². The van der Waals surface area contributed by atoms with Gasteiger partial charge >= 0.3 is 0 Å². The van der Waals surface area contributed by atoms with E-state index in [0.29, 0.717) is 30.8 Å². The van der Waals surface area contributed by atoms with Crippen LogP contribution in [-0.2, 0) is 14.8 Å². The summed E-state index contributed by atoms with van der Waals surface area (Å²) in [6.07, 6.45) is 1.08. The molecule has 2 aromatic carbocycles. The lowest BCUT2D eigenvalue weighted by Gasteiger charge is -2.32. The molecule has 3 rings (SSSR count). The van der Waals surface area contributed by atoms with Crippen molar-refractivity contribution < 1.29 is 13.2 Å². The van der Waals surface area contributed by atoms with Gasteiger partial charge in [-0.25, -0.2) is 8.42 Å². The van der Waals surface area contributed by atoms with Gasteiger partial charge in [-0.3, -0.25) is 4.79 Å². The summed E-state index contributed by atoms with van der Waals surface area (Å²) in [6, 6.07) is 15.0. The summed E-state index contributed by atoms with van der Waals surface area (Å²) in [5.41, 5.74) is 2.53. The van der Waals surface area contributed by atoms with Gasteiger partial charge in [0.05, 0.1) is 4.90 Å². The fourth-order valence-corrected chi connectivity index (χ4v) is 5.30. The Kier molecular flexibility index (Phi) is 5.67. The van der Waals surface area contributed by atoms with Crippen LogP contribution in [0.1, 0.15) is 24.0 Å². The molecule has 0 atom stereocenters. The van der Waals surface area contributed by atoms with Crippen molar-refractivity contribution in [3.05, 3.63) is 59.7 Å². The number of nitrogens with zero attached hydrogens (tertiary/aromatic N) is 2. The van der Waals surface area contributed by atoms with Crippen molar-refractivity contribution in [3.63, 3.8) is 0 Å². The number of para-hydroxylation sites is 1. The second kappa shape index (κ2) is 7.82. The van der Waals surface area contributed by atoms with E-state index in [2.05, 4.69) is 0 Å². The number of anilines is 1. The van der Waals surface area contributed by atoms with Crippen LogP contribution in [0.4, 0.5) is 5.69 Å². The molecule has 144 valence electrons. The van der Waals surface area contributed by atoms with Crippen molar-refractivity contribution in [1.29, 1.82) is 0 Å². The fourth-order valence-electron chi connectivity index (χ4n) is 3.52. The minimum atomic E-state index is -3.53. The maximum Gasteiger partial charge on any atom is 0.243 e. The van der Waals surface area contributed by atoms with Gasteiger partial charge in [-0.05, 0) is 56.0 Å². The second-order valence-corrected chi connectivity index (χ2v) is 9.09. The first-order chi connectivity index (χ1) is 12.8. The smallest absolute Gasteiger partial charge is 0.243 e. The Morgan fingerprint density at radius 2 is 1.67 bits per heavy atom. The van der Waals surface area contributed by atoms with Gasteiger partial charge in [-0.2, -0.15) is 4.31 Å². The number of benzene rings is 2. The highest BCUT2D eigenvalue weighted by Crippen LogP contribution is 2.28.